The molecule has 0 aliphatic carbocycles. The van der Waals surface area contributed by atoms with Crippen LogP contribution in [-0.2, 0) is 19.1 Å². The first kappa shape index (κ1) is 15.5. The van der Waals surface area contributed by atoms with Gasteiger partial charge in [-0.1, -0.05) is 6.08 Å². The number of ether oxygens (including phenoxy) is 2. The number of hydrogen-bond acceptors (Lipinski definition) is 6. The fraction of sp³-hybridized carbons (Fsp3) is 0.750. The monoisotopic (exact) mass is 309 g/mol. The minimum atomic E-state index is -1.50. The highest BCUT2D eigenvalue weighted by atomic mass is 16.6. The van der Waals surface area contributed by atoms with E-state index in [1.54, 1.807) is 13.8 Å². The Morgan fingerprint density at radius 1 is 1.27 bits per heavy atom. The zero-order valence-electron chi connectivity index (χ0n) is 13.2. The van der Waals surface area contributed by atoms with E-state index in [0.717, 1.165) is 25.1 Å². The second-order valence-electron chi connectivity index (χ2n) is 6.76. The number of hydrogen-bond donors (Lipinski definition) is 1. The fourth-order valence-electron chi connectivity index (χ4n) is 3.51. The lowest BCUT2D eigenvalue weighted by atomic mass is 9.80. The van der Waals surface area contributed by atoms with Crippen LogP contribution in [0.4, 0.5) is 0 Å². The van der Waals surface area contributed by atoms with Gasteiger partial charge in [0.2, 0.25) is 0 Å². The summed E-state index contributed by atoms with van der Waals surface area (Å²) in [6.45, 7) is 6.53. The van der Waals surface area contributed by atoms with E-state index in [-0.39, 0.29) is 18.8 Å². The number of carbonyl (C=O) groups is 2. The third-order valence-electron chi connectivity index (χ3n) is 5.52. The molecule has 6 heteroatoms. The summed E-state index contributed by atoms with van der Waals surface area (Å²) in [5.41, 5.74) is -0.509. The van der Waals surface area contributed by atoms with Crippen molar-refractivity contribution >= 4 is 11.9 Å². The number of cyclic esters (lactones) is 1. The molecule has 6 nitrogen and oxygen atoms in total. The molecule has 3 heterocycles. The van der Waals surface area contributed by atoms with E-state index in [1.165, 1.54) is 6.92 Å². The van der Waals surface area contributed by atoms with E-state index in [9.17, 15) is 14.7 Å². The van der Waals surface area contributed by atoms with Crippen molar-refractivity contribution in [2.24, 2.45) is 11.8 Å². The number of aliphatic hydroxyl groups is 1. The van der Waals surface area contributed by atoms with Crippen molar-refractivity contribution < 1.29 is 24.2 Å². The maximum absolute atomic E-state index is 12.4. The fourth-order valence-corrected chi connectivity index (χ4v) is 3.51. The Morgan fingerprint density at radius 2 is 1.95 bits per heavy atom. The van der Waals surface area contributed by atoms with Crippen LogP contribution in [0.25, 0.3) is 0 Å². The first-order valence-corrected chi connectivity index (χ1v) is 7.85. The van der Waals surface area contributed by atoms with E-state index in [4.69, 9.17) is 9.47 Å². The lowest BCUT2D eigenvalue weighted by Gasteiger charge is -2.33. The van der Waals surface area contributed by atoms with Gasteiger partial charge in [-0.05, 0) is 32.8 Å². The average Bonchev–Trinajstić information content (AvgIpc) is 3.05. The van der Waals surface area contributed by atoms with Gasteiger partial charge >= 0.3 is 11.9 Å². The Kier molecular flexibility index (Phi) is 3.77. The molecular weight excluding hydrogens is 286 g/mol. The summed E-state index contributed by atoms with van der Waals surface area (Å²) in [5.74, 6) is -2.53. The predicted octanol–water partition coefficient (Wildman–Crippen LogP) is 0.492. The SMILES string of the molecule is C[C@@H]1C(=O)OCC2=CCN3CC[C@@H](OC(=O)[C@H](C)[C@@]1(C)O)[C@@H]23. The second-order valence-corrected chi connectivity index (χ2v) is 6.76. The highest BCUT2D eigenvalue weighted by molar-refractivity contribution is 5.78. The van der Waals surface area contributed by atoms with Crippen LogP contribution in [-0.4, -0.2) is 59.4 Å². The Bertz CT molecular complexity index is 527. The van der Waals surface area contributed by atoms with Crippen LogP contribution in [0, 0.1) is 11.8 Å². The molecule has 0 spiro atoms. The first-order chi connectivity index (χ1) is 10.3. The summed E-state index contributed by atoms with van der Waals surface area (Å²) in [6, 6.07) is 0.00213. The van der Waals surface area contributed by atoms with E-state index >= 15 is 0 Å². The second kappa shape index (κ2) is 5.35. The van der Waals surface area contributed by atoms with Gasteiger partial charge in [0, 0.05) is 13.1 Å². The molecule has 0 aromatic carbocycles. The van der Waals surface area contributed by atoms with Crippen LogP contribution >= 0.6 is 0 Å². The van der Waals surface area contributed by atoms with Crippen LogP contribution in [0.3, 0.4) is 0 Å². The van der Waals surface area contributed by atoms with Gasteiger partial charge in [0.1, 0.15) is 12.7 Å². The van der Waals surface area contributed by atoms with Crippen molar-refractivity contribution in [2.45, 2.75) is 44.9 Å². The van der Waals surface area contributed by atoms with Gasteiger partial charge < -0.3 is 14.6 Å². The lowest BCUT2D eigenvalue weighted by Crippen LogP contribution is -2.48. The molecule has 0 saturated carbocycles. The molecule has 0 amide bonds. The molecule has 3 rings (SSSR count). The van der Waals surface area contributed by atoms with Crippen molar-refractivity contribution in [3.63, 3.8) is 0 Å². The first-order valence-electron chi connectivity index (χ1n) is 7.85. The largest absolute Gasteiger partial charge is 0.461 e. The highest BCUT2D eigenvalue weighted by Crippen LogP contribution is 2.35. The quantitative estimate of drug-likeness (QED) is 0.518. The maximum atomic E-state index is 12.4. The van der Waals surface area contributed by atoms with E-state index in [2.05, 4.69) is 4.90 Å². The Morgan fingerprint density at radius 3 is 2.68 bits per heavy atom. The molecule has 2 saturated heterocycles. The van der Waals surface area contributed by atoms with E-state index in [1.807, 2.05) is 6.08 Å². The molecule has 5 atom stereocenters. The molecule has 0 unspecified atom stereocenters. The molecule has 0 aromatic heterocycles. The predicted molar refractivity (Wildman–Crippen MR) is 77.9 cm³/mol. The Balaban J connectivity index is 1.92. The van der Waals surface area contributed by atoms with Gasteiger partial charge in [-0.3, -0.25) is 14.5 Å². The topological polar surface area (TPSA) is 76.1 Å². The van der Waals surface area contributed by atoms with Crippen molar-refractivity contribution in [2.75, 3.05) is 19.7 Å². The summed E-state index contributed by atoms with van der Waals surface area (Å²) in [6.07, 6.45) is 2.58. The van der Waals surface area contributed by atoms with E-state index < -0.39 is 29.4 Å². The summed E-state index contributed by atoms with van der Waals surface area (Å²) in [5, 5.41) is 10.6. The van der Waals surface area contributed by atoms with Crippen LogP contribution in [0.1, 0.15) is 27.2 Å². The molecule has 0 aromatic rings. The molecular formula is C16H23NO5. The molecule has 0 radical (unpaired) electrons. The van der Waals surface area contributed by atoms with Crippen molar-refractivity contribution in [1.29, 1.82) is 0 Å². The summed E-state index contributed by atoms with van der Waals surface area (Å²) < 4.78 is 11.1. The lowest BCUT2D eigenvalue weighted by molar-refractivity contribution is -0.171. The molecule has 3 aliphatic heterocycles. The van der Waals surface area contributed by atoms with Crippen LogP contribution in [0.2, 0.25) is 0 Å². The van der Waals surface area contributed by atoms with Gasteiger partial charge in [-0.2, -0.15) is 0 Å². The molecule has 0 bridgehead atoms. The third-order valence-corrected chi connectivity index (χ3v) is 5.52. The van der Waals surface area contributed by atoms with Crippen LogP contribution in [0.5, 0.6) is 0 Å². The van der Waals surface area contributed by atoms with Gasteiger partial charge in [-0.15, -0.1) is 0 Å². The molecule has 1 N–H and O–H groups in total. The van der Waals surface area contributed by atoms with Gasteiger partial charge in [0.15, 0.2) is 0 Å². The normalized spacial score (nSPS) is 43.0. The number of esters is 2. The van der Waals surface area contributed by atoms with Crippen molar-refractivity contribution in [1.82, 2.24) is 4.90 Å². The highest BCUT2D eigenvalue weighted by Gasteiger charge is 2.48. The standard InChI is InChI=1S/C16H23NO5/c1-9-14(18)21-8-11-4-6-17-7-5-12(13(11)17)22-15(19)10(2)16(9,3)20/h4,9-10,12-13,20H,5-8H2,1-3H3/t9-,10+,12-,13-,16+/m1/s1. The summed E-state index contributed by atoms with van der Waals surface area (Å²) in [7, 11) is 0. The molecule has 22 heavy (non-hydrogen) atoms. The zero-order chi connectivity index (χ0) is 16.1. The summed E-state index contributed by atoms with van der Waals surface area (Å²) in [4.78, 5) is 26.8. The summed E-state index contributed by atoms with van der Waals surface area (Å²) >= 11 is 0. The van der Waals surface area contributed by atoms with Crippen molar-refractivity contribution in [3.8, 4) is 0 Å². The van der Waals surface area contributed by atoms with Crippen molar-refractivity contribution in [3.05, 3.63) is 11.6 Å². The minimum absolute atomic E-state index is 0.00213. The minimum Gasteiger partial charge on any atom is -0.461 e. The number of nitrogens with zero attached hydrogens (tertiary/aromatic N) is 1. The molecule has 3 aliphatic rings. The van der Waals surface area contributed by atoms with Gasteiger partial charge in [0.05, 0.1) is 23.5 Å². The third kappa shape index (κ3) is 2.34. The Hall–Kier alpha value is -1.40. The molecule has 2 fully saturated rings. The van der Waals surface area contributed by atoms with E-state index in [0.29, 0.717) is 0 Å². The average molecular weight is 309 g/mol. The Labute approximate surface area is 130 Å². The van der Waals surface area contributed by atoms with Crippen LogP contribution in [0.15, 0.2) is 11.6 Å². The van der Waals surface area contributed by atoms with Crippen LogP contribution < -0.4 is 0 Å². The van der Waals surface area contributed by atoms with Gasteiger partial charge in [-0.25, -0.2) is 0 Å². The smallest absolute Gasteiger partial charge is 0.311 e. The maximum Gasteiger partial charge on any atom is 0.311 e. The number of carbonyl (C=O) groups excluding carboxylic acids is 2. The zero-order valence-corrected chi connectivity index (χ0v) is 13.2. The number of rotatable bonds is 0. The van der Waals surface area contributed by atoms with Gasteiger partial charge in [0.25, 0.3) is 0 Å². The molecule has 122 valence electrons.